The molecule has 2 amide bonds. The van der Waals surface area contributed by atoms with Gasteiger partial charge in [0.05, 0.1) is 13.2 Å². The number of alkyl halides is 1. The second kappa shape index (κ2) is 13.5. The van der Waals surface area contributed by atoms with E-state index in [0.717, 1.165) is 31.2 Å². The summed E-state index contributed by atoms with van der Waals surface area (Å²) in [5.41, 5.74) is 1.75. The van der Waals surface area contributed by atoms with Crippen molar-refractivity contribution in [3.05, 3.63) is 59.7 Å². The molecule has 0 heterocycles. The number of hydrogen-bond donors (Lipinski definition) is 1. The summed E-state index contributed by atoms with van der Waals surface area (Å²) in [6.45, 7) is 6.50. The predicted molar refractivity (Wildman–Crippen MR) is 144 cm³/mol. The van der Waals surface area contributed by atoms with Crippen LogP contribution in [0.5, 0.6) is 11.5 Å². The maximum atomic E-state index is 13.8. The van der Waals surface area contributed by atoms with Gasteiger partial charge in [0.15, 0.2) is 11.5 Å². The van der Waals surface area contributed by atoms with Crippen molar-refractivity contribution in [2.75, 3.05) is 19.5 Å². The zero-order valence-electron chi connectivity index (χ0n) is 21.8. The zero-order valence-corrected chi connectivity index (χ0v) is 22.6. The third kappa shape index (κ3) is 7.63. The fraction of sp³-hybridized carbons (Fsp3) is 0.517. The van der Waals surface area contributed by atoms with Gasteiger partial charge in [0.25, 0.3) is 0 Å². The highest BCUT2D eigenvalue weighted by Gasteiger charge is 2.33. The average Bonchev–Trinajstić information content (AvgIpc) is 2.88. The number of carbonyl (C=O) groups is 2. The third-order valence-corrected chi connectivity index (χ3v) is 6.94. The van der Waals surface area contributed by atoms with E-state index in [-0.39, 0.29) is 29.8 Å². The second-order valence-electron chi connectivity index (χ2n) is 9.90. The molecule has 7 heteroatoms. The van der Waals surface area contributed by atoms with Crippen LogP contribution in [0.2, 0.25) is 0 Å². The lowest BCUT2D eigenvalue weighted by molar-refractivity contribution is -0.139. The van der Waals surface area contributed by atoms with E-state index < -0.39 is 6.04 Å². The molecule has 0 spiro atoms. The van der Waals surface area contributed by atoms with Gasteiger partial charge in [-0.2, -0.15) is 0 Å². The van der Waals surface area contributed by atoms with E-state index in [1.807, 2.05) is 50.2 Å². The van der Waals surface area contributed by atoms with E-state index in [2.05, 4.69) is 12.2 Å². The number of ether oxygens (including phenoxy) is 2. The number of methoxy groups -OCH3 is 1. The highest BCUT2D eigenvalue weighted by Crippen LogP contribution is 2.34. The number of benzene rings is 2. The van der Waals surface area contributed by atoms with Crippen molar-refractivity contribution in [2.24, 2.45) is 5.92 Å². The fourth-order valence-corrected chi connectivity index (χ4v) is 4.89. The summed E-state index contributed by atoms with van der Waals surface area (Å²) >= 11 is 6.05. The Morgan fingerprint density at radius 2 is 1.75 bits per heavy atom. The van der Waals surface area contributed by atoms with Crippen LogP contribution in [-0.2, 0) is 16.0 Å². The summed E-state index contributed by atoms with van der Waals surface area (Å²) in [6.07, 6.45) is 4.64. The van der Waals surface area contributed by atoms with Gasteiger partial charge in [0, 0.05) is 12.6 Å². The molecule has 0 unspecified atom stereocenters. The largest absolute Gasteiger partial charge is 0.493 e. The quantitative estimate of drug-likeness (QED) is 0.400. The van der Waals surface area contributed by atoms with Crippen LogP contribution in [0.3, 0.4) is 0 Å². The van der Waals surface area contributed by atoms with E-state index in [1.54, 1.807) is 24.1 Å². The van der Waals surface area contributed by atoms with Crippen molar-refractivity contribution in [3.63, 3.8) is 0 Å². The number of amides is 2. The lowest BCUT2D eigenvalue weighted by Crippen LogP contribution is -2.48. The Morgan fingerprint density at radius 3 is 2.36 bits per heavy atom. The maximum absolute atomic E-state index is 13.8. The predicted octanol–water partition coefficient (Wildman–Crippen LogP) is 5.53. The van der Waals surface area contributed by atoms with Crippen LogP contribution in [0.25, 0.3) is 0 Å². The Hall–Kier alpha value is -2.73. The van der Waals surface area contributed by atoms with Crippen molar-refractivity contribution >= 4 is 23.4 Å². The van der Waals surface area contributed by atoms with Gasteiger partial charge in [-0.25, -0.2) is 0 Å². The Labute approximate surface area is 220 Å². The Kier molecular flexibility index (Phi) is 10.5. The molecule has 0 bridgehead atoms. The minimum absolute atomic E-state index is 0.0299. The molecule has 0 radical (unpaired) electrons. The minimum atomic E-state index is -0.832. The highest BCUT2D eigenvalue weighted by molar-refractivity contribution is 6.27. The van der Waals surface area contributed by atoms with Gasteiger partial charge in [-0.15, -0.1) is 11.6 Å². The van der Waals surface area contributed by atoms with Crippen molar-refractivity contribution in [1.29, 1.82) is 0 Å². The molecule has 196 valence electrons. The van der Waals surface area contributed by atoms with Crippen LogP contribution in [-0.4, -0.2) is 48.4 Å². The fourth-order valence-electron chi connectivity index (χ4n) is 4.73. The van der Waals surface area contributed by atoms with Crippen molar-refractivity contribution < 1.29 is 19.1 Å². The van der Waals surface area contributed by atoms with Gasteiger partial charge in [-0.1, -0.05) is 43.3 Å². The van der Waals surface area contributed by atoms with Gasteiger partial charge in [0.2, 0.25) is 11.8 Å². The molecule has 0 aliphatic heterocycles. The van der Waals surface area contributed by atoms with E-state index in [9.17, 15) is 9.59 Å². The molecule has 0 saturated heterocycles. The molecule has 1 aliphatic carbocycles. The lowest BCUT2D eigenvalue weighted by Gasteiger charge is -2.34. The first kappa shape index (κ1) is 27.9. The van der Waals surface area contributed by atoms with Gasteiger partial charge in [-0.05, 0) is 75.1 Å². The summed E-state index contributed by atoms with van der Waals surface area (Å²) in [5, 5.41) is 3.23. The van der Waals surface area contributed by atoms with Crippen LogP contribution in [0, 0.1) is 5.92 Å². The first-order valence-corrected chi connectivity index (χ1v) is 13.4. The molecule has 1 fully saturated rings. The summed E-state index contributed by atoms with van der Waals surface area (Å²) in [5.74, 6) is 1.10. The van der Waals surface area contributed by atoms with Gasteiger partial charge >= 0.3 is 0 Å². The number of rotatable bonds is 11. The summed E-state index contributed by atoms with van der Waals surface area (Å²) in [4.78, 5) is 28.5. The van der Waals surface area contributed by atoms with E-state index in [1.165, 1.54) is 0 Å². The molecule has 2 aromatic rings. The SMILES string of the molecule is COc1cc([C@H](C(=O)NC2CCC(C)CC2)N(CCc2ccccc2)C(=O)CCl)ccc1OC(C)C. The lowest BCUT2D eigenvalue weighted by atomic mass is 9.87. The van der Waals surface area contributed by atoms with Crippen LogP contribution < -0.4 is 14.8 Å². The Balaban J connectivity index is 1.95. The van der Waals surface area contributed by atoms with Gasteiger partial charge in [0.1, 0.15) is 11.9 Å². The highest BCUT2D eigenvalue weighted by atomic mass is 35.5. The standard InChI is InChI=1S/C29H39ClN2O4/c1-20(2)36-25-15-12-23(18-26(25)35-4)28(29(34)31-24-13-10-21(3)11-14-24)32(27(33)19-30)17-16-22-8-6-5-7-9-22/h5-9,12,15,18,20-21,24,28H,10-11,13-14,16-17,19H2,1-4H3,(H,31,34)/t21?,24?,28-/m1/s1. The molecule has 0 aromatic heterocycles. The van der Waals surface area contributed by atoms with Crippen molar-refractivity contribution in [3.8, 4) is 11.5 Å². The van der Waals surface area contributed by atoms with Gasteiger partial charge in [-0.3, -0.25) is 9.59 Å². The van der Waals surface area contributed by atoms with Crippen LogP contribution in [0.1, 0.15) is 63.6 Å². The molecule has 6 nitrogen and oxygen atoms in total. The Morgan fingerprint density at radius 1 is 1.06 bits per heavy atom. The van der Waals surface area contributed by atoms with Crippen molar-refractivity contribution in [2.45, 2.75) is 71.1 Å². The Bertz CT molecular complexity index is 990. The molecular formula is C29H39ClN2O4. The van der Waals surface area contributed by atoms with Crippen LogP contribution in [0.15, 0.2) is 48.5 Å². The molecule has 1 saturated carbocycles. The van der Waals surface area contributed by atoms with E-state index in [0.29, 0.717) is 35.9 Å². The van der Waals surface area contributed by atoms with Crippen LogP contribution >= 0.6 is 11.6 Å². The zero-order chi connectivity index (χ0) is 26.1. The molecule has 2 aromatic carbocycles. The van der Waals surface area contributed by atoms with Crippen LogP contribution in [0.4, 0.5) is 0 Å². The molecule has 1 atom stereocenters. The van der Waals surface area contributed by atoms with Gasteiger partial charge < -0.3 is 19.7 Å². The molecule has 3 rings (SSSR count). The second-order valence-corrected chi connectivity index (χ2v) is 10.2. The normalized spacial score (nSPS) is 18.4. The smallest absolute Gasteiger partial charge is 0.247 e. The first-order chi connectivity index (χ1) is 17.3. The minimum Gasteiger partial charge on any atom is -0.493 e. The number of nitrogens with one attached hydrogen (secondary N) is 1. The monoisotopic (exact) mass is 514 g/mol. The number of hydrogen-bond acceptors (Lipinski definition) is 4. The number of halogens is 1. The summed E-state index contributed by atoms with van der Waals surface area (Å²) in [6, 6.07) is 14.6. The maximum Gasteiger partial charge on any atom is 0.247 e. The molecule has 36 heavy (non-hydrogen) atoms. The molecular weight excluding hydrogens is 476 g/mol. The molecule has 1 aliphatic rings. The molecule has 1 N–H and O–H groups in total. The summed E-state index contributed by atoms with van der Waals surface area (Å²) in [7, 11) is 1.57. The summed E-state index contributed by atoms with van der Waals surface area (Å²) < 4.78 is 11.5. The van der Waals surface area contributed by atoms with E-state index >= 15 is 0 Å². The number of nitrogens with zero attached hydrogens (tertiary/aromatic N) is 1. The topological polar surface area (TPSA) is 67.9 Å². The third-order valence-electron chi connectivity index (χ3n) is 6.71. The van der Waals surface area contributed by atoms with Crippen molar-refractivity contribution in [1.82, 2.24) is 10.2 Å². The number of carbonyl (C=O) groups excluding carboxylic acids is 2. The first-order valence-electron chi connectivity index (χ1n) is 12.9. The average molecular weight is 515 g/mol. The van der Waals surface area contributed by atoms with E-state index in [4.69, 9.17) is 21.1 Å².